The van der Waals surface area contributed by atoms with Crippen LogP contribution in [0, 0.1) is 6.92 Å². The lowest BCUT2D eigenvalue weighted by Gasteiger charge is -2.31. The van der Waals surface area contributed by atoms with Crippen molar-refractivity contribution in [2.45, 2.75) is 19.4 Å². The van der Waals surface area contributed by atoms with Crippen LogP contribution in [0.5, 0.6) is 0 Å². The molecule has 3 rings (SSSR count). The highest BCUT2D eigenvalue weighted by molar-refractivity contribution is 6.42. The predicted molar refractivity (Wildman–Crippen MR) is 96.3 cm³/mol. The molecule has 1 aliphatic rings. The molecular formula is C18H21Cl2N3. The van der Waals surface area contributed by atoms with Crippen LogP contribution in [0.4, 0.5) is 0 Å². The lowest BCUT2D eigenvalue weighted by atomic mass is 9.98. The molecule has 0 aliphatic carbocycles. The Kier molecular flexibility index (Phi) is 5.54. The van der Waals surface area contributed by atoms with Crippen molar-refractivity contribution in [1.82, 2.24) is 15.2 Å². The van der Waals surface area contributed by atoms with E-state index in [2.05, 4.69) is 34.3 Å². The van der Waals surface area contributed by atoms with E-state index in [1.54, 1.807) is 0 Å². The predicted octanol–water partition coefficient (Wildman–Crippen LogP) is 4.08. The lowest BCUT2D eigenvalue weighted by molar-refractivity contribution is 0.236. The van der Waals surface area contributed by atoms with Crippen LogP contribution >= 0.6 is 23.2 Å². The topological polar surface area (TPSA) is 28.2 Å². The first-order chi connectivity index (χ1) is 11.2. The zero-order chi connectivity index (χ0) is 16.2. The highest BCUT2D eigenvalue weighted by atomic mass is 35.5. The summed E-state index contributed by atoms with van der Waals surface area (Å²) in [7, 11) is 0. The van der Waals surface area contributed by atoms with Crippen molar-refractivity contribution < 1.29 is 0 Å². The molecule has 2 heterocycles. The van der Waals surface area contributed by atoms with Crippen LogP contribution in [0.3, 0.4) is 0 Å². The maximum Gasteiger partial charge on any atom is 0.0780 e. The lowest BCUT2D eigenvalue weighted by Crippen LogP contribution is -2.33. The number of rotatable bonds is 3. The van der Waals surface area contributed by atoms with Gasteiger partial charge in [-0.1, -0.05) is 35.3 Å². The molecule has 0 radical (unpaired) electrons. The van der Waals surface area contributed by atoms with E-state index in [9.17, 15) is 0 Å². The third kappa shape index (κ3) is 3.86. The number of pyridine rings is 1. The first-order valence-corrected chi connectivity index (χ1v) is 8.73. The molecule has 1 aliphatic heterocycles. The van der Waals surface area contributed by atoms with Crippen molar-refractivity contribution in [3.05, 3.63) is 63.4 Å². The van der Waals surface area contributed by atoms with Crippen molar-refractivity contribution in [2.75, 3.05) is 26.2 Å². The van der Waals surface area contributed by atoms with E-state index in [0.717, 1.165) is 43.9 Å². The molecular weight excluding hydrogens is 329 g/mol. The Hall–Kier alpha value is -1.13. The van der Waals surface area contributed by atoms with Crippen LogP contribution in [0.25, 0.3) is 0 Å². The normalized spacial score (nSPS) is 17.7. The molecule has 1 atom stereocenters. The maximum atomic E-state index is 6.27. The molecule has 1 aromatic heterocycles. The molecule has 0 spiro atoms. The Morgan fingerprint density at radius 2 is 2.00 bits per heavy atom. The smallest absolute Gasteiger partial charge is 0.0780 e. The quantitative estimate of drug-likeness (QED) is 0.904. The van der Waals surface area contributed by atoms with E-state index in [-0.39, 0.29) is 6.04 Å². The van der Waals surface area contributed by atoms with Crippen molar-refractivity contribution >= 4 is 23.2 Å². The molecule has 23 heavy (non-hydrogen) atoms. The first-order valence-electron chi connectivity index (χ1n) is 7.98. The Labute approximate surface area is 147 Å². The van der Waals surface area contributed by atoms with Crippen LogP contribution in [-0.4, -0.2) is 36.1 Å². The molecule has 122 valence electrons. The van der Waals surface area contributed by atoms with Crippen molar-refractivity contribution in [3.63, 3.8) is 0 Å². The van der Waals surface area contributed by atoms with E-state index in [1.165, 1.54) is 5.56 Å². The summed E-state index contributed by atoms with van der Waals surface area (Å²) in [5, 5.41) is 4.64. The van der Waals surface area contributed by atoms with Gasteiger partial charge in [-0.2, -0.15) is 0 Å². The van der Waals surface area contributed by atoms with Gasteiger partial charge < -0.3 is 5.32 Å². The minimum atomic E-state index is 0.103. The summed E-state index contributed by atoms with van der Waals surface area (Å²) in [5.74, 6) is 0. The number of aromatic nitrogens is 1. The number of hydrogen-bond acceptors (Lipinski definition) is 3. The molecule has 5 heteroatoms. The van der Waals surface area contributed by atoms with Crippen molar-refractivity contribution in [3.8, 4) is 0 Å². The molecule has 1 fully saturated rings. The number of hydrogen-bond donors (Lipinski definition) is 1. The molecule has 2 aromatic rings. The van der Waals surface area contributed by atoms with E-state index in [4.69, 9.17) is 23.2 Å². The van der Waals surface area contributed by atoms with Crippen molar-refractivity contribution in [1.29, 1.82) is 0 Å². The van der Waals surface area contributed by atoms with E-state index < -0.39 is 0 Å². The van der Waals surface area contributed by atoms with Gasteiger partial charge in [-0.3, -0.25) is 9.88 Å². The van der Waals surface area contributed by atoms with Gasteiger partial charge in [0.2, 0.25) is 0 Å². The van der Waals surface area contributed by atoms with E-state index in [1.807, 2.05) is 24.4 Å². The molecule has 0 bridgehead atoms. The molecule has 1 aromatic carbocycles. The highest BCUT2D eigenvalue weighted by Crippen LogP contribution is 2.33. The fraction of sp³-hybridized carbons (Fsp3) is 0.389. The van der Waals surface area contributed by atoms with Crippen LogP contribution < -0.4 is 5.32 Å². The van der Waals surface area contributed by atoms with Gasteiger partial charge in [0.15, 0.2) is 0 Å². The SMILES string of the molecule is Cc1cccnc1C(c1ccc(Cl)c(Cl)c1)N1CCCNCC1. The first kappa shape index (κ1) is 16.7. The zero-order valence-corrected chi connectivity index (χ0v) is 14.7. The minimum Gasteiger partial charge on any atom is -0.315 e. The molecule has 0 saturated carbocycles. The standard InChI is InChI=1S/C18H21Cl2N3/c1-13-4-2-8-22-17(13)18(23-10-3-7-21-9-11-23)14-5-6-15(19)16(20)12-14/h2,4-6,8,12,18,21H,3,7,9-11H2,1H3. The van der Waals surface area contributed by atoms with Gasteiger partial charge >= 0.3 is 0 Å². The van der Waals surface area contributed by atoms with E-state index in [0.29, 0.717) is 10.0 Å². The van der Waals surface area contributed by atoms with Crippen LogP contribution in [-0.2, 0) is 0 Å². The molecule has 3 nitrogen and oxygen atoms in total. The summed E-state index contributed by atoms with van der Waals surface area (Å²) in [5.41, 5.74) is 3.43. The second-order valence-electron chi connectivity index (χ2n) is 5.92. The van der Waals surface area contributed by atoms with Crippen LogP contribution in [0.15, 0.2) is 36.5 Å². The summed E-state index contributed by atoms with van der Waals surface area (Å²) in [4.78, 5) is 7.16. The average Bonchev–Trinajstić information content (AvgIpc) is 2.82. The summed E-state index contributed by atoms with van der Waals surface area (Å²) in [6, 6.07) is 10.1. The number of nitrogens with zero attached hydrogens (tertiary/aromatic N) is 2. The molecule has 1 unspecified atom stereocenters. The summed E-state index contributed by atoms with van der Waals surface area (Å²) in [6.07, 6.45) is 2.99. The molecule has 0 amide bonds. The third-order valence-corrected chi connectivity index (χ3v) is 5.05. The Bertz CT molecular complexity index is 667. The summed E-state index contributed by atoms with van der Waals surface area (Å²) in [6.45, 7) is 6.19. The number of halogens is 2. The van der Waals surface area contributed by atoms with Gasteiger partial charge in [0.1, 0.15) is 0 Å². The van der Waals surface area contributed by atoms with Gasteiger partial charge in [0, 0.05) is 25.8 Å². The number of aryl methyl sites for hydroxylation is 1. The van der Waals surface area contributed by atoms with Gasteiger partial charge in [0.05, 0.1) is 21.8 Å². The number of benzene rings is 1. The van der Waals surface area contributed by atoms with Crippen LogP contribution in [0.2, 0.25) is 10.0 Å². The highest BCUT2D eigenvalue weighted by Gasteiger charge is 2.26. The summed E-state index contributed by atoms with van der Waals surface area (Å²) >= 11 is 12.4. The van der Waals surface area contributed by atoms with Gasteiger partial charge in [-0.25, -0.2) is 0 Å². The van der Waals surface area contributed by atoms with E-state index >= 15 is 0 Å². The Balaban J connectivity index is 2.05. The zero-order valence-electron chi connectivity index (χ0n) is 13.2. The second-order valence-corrected chi connectivity index (χ2v) is 6.74. The number of nitrogens with one attached hydrogen (secondary N) is 1. The van der Waals surface area contributed by atoms with Gasteiger partial charge in [0.25, 0.3) is 0 Å². The largest absolute Gasteiger partial charge is 0.315 e. The van der Waals surface area contributed by atoms with Crippen LogP contribution in [0.1, 0.15) is 29.3 Å². The minimum absolute atomic E-state index is 0.103. The molecule has 1 saturated heterocycles. The summed E-state index contributed by atoms with van der Waals surface area (Å²) < 4.78 is 0. The average molecular weight is 350 g/mol. The Morgan fingerprint density at radius 3 is 2.78 bits per heavy atom. The second kappa shape index (κ2) is 7.63. The maximum absolute atomic E-state index is 6.27. The fourth-order valence-corrected chi connectivity index (χ4v) is 3.44. The fourth-order valence-electron chi connectivity index (χ4n) is 3.13. The third-order valence-electron chi connectivity index (χ3n) is 4.31. The van der Waals surface area contributed by atoms with Crippen molar-refractivity contribution in [2.24, 2.45) is 0 Å². The Morgan fingerprint density at radius 1 is 1.13 bits per heavy atom. The molecule has 1 N–H and O–H groups in total. The van der Waals surface area contributed by atoms with Gasteiger partial charge in [-0.15, -0.1) is 0 Å². The van der Waals surface area contributed by atoms with Gasteiger partial charge in [-0.05, 0) is 49.2 Å². The monoisotopic (exact) mass is 349 g/mol.